The fourth-order valence-electron chi connectivity index (χ4n) is 2.87. The third-order valence-electron chi connectivity index (χ3n) is 4.22. The van der Waals surface area contributed by atoms with Crippen LogP contribution in [0.3, 0.4) is 0 Å². The van der Waals surface area contributed by atoms with E-state index in [-0.39, 0.29) is 30.4 Å². The van der Waals surface area contributed by atoms with Crippen LogP contribution in [0.15, 0.2) is 36.4 Å². The maximum atomic E-state index is 12.4. The Bertz CT molecular complexity index is 791. The fraction of sp³-hybridized carbons (Fsp3) is 0.333. The van der Waals surface area contributed by atoms with Gasteiger partial charge in [-0.05, 0) is 48.2 Å². The van der Waals surface area contributed by atoms with E-state index in [1.165, 1.54) is 19.1 Å². The molecule has 6 nitrogen and oxygen atoms in total. The second kappa shape index (κ2) is 9.07. The molecule has 1 unspecified atom stereocenters. The molecule has 0 aliphatic carbocycles. The van der Waals surface area contributed by atoms with Gasteiger partial charge < -0.3 is 20.3 Å². The van der Waals surface area contributed by atoms with Crippen LogP contribution < -0.4 is 5.32 Å². The Morgan fingerprint density at radius 3 is 2.19 bits per heavy atom. The van der Waals surface area contributed by atoms with Crippen molar-refractivity contribution in [2.75, 3.05) is 6.61 Å². The van der Waals surface area contributed by atoms with Crippen molar-refractivity contribution >= 4 is 11.9 Å². The molecule has 0 heterocycles. The monoisotopic (exact) mass is 371 g/mol. The summed E-state index contributed by atoms with van der Waals surface area (Å²) in [5.41, 5.74) is 3.32. The molecular weight excluding hydrogens is 346 g/mol. The van der Waals surface area contributed by atoms with Crippen molar-refractivity contribution in [2.24, 2.45) is 0 Å². The summed E-state index contributed by atoms with van der Waals surface area (Å²) in [6.45, 7) is 5.16. The number of nitrogens with one attached hydrogen (secondary N) is 1. The second-order valence-corrected chi connectivity index (χ2v) is 6.62. The molecule has 144 valence electrons. The first kappa shape index (κ1) is 20.3. The van der Waals surface area contributed by atoms with Crippen molar-refractivity contribution in [3.8, 4) is 11.5 Å². The molecule has 0 bridgehead atoms. The van der Waals surface area contributed by atoms with E-state index in [9.17, 15) is 19.8 Å². The number of carbonyl (C=O) groups is 2. The molecule has 0 aliphatic heterocycles. The summed E-state index contributed by atoms with van der Waals surface area (Å²) in [4.78, 5) is 23.8. The van der Waals surface area contributed by atoms with Crippen LogP contribution in [-0.4, -0.2) is 34.7 Å². The van der Waals surface area contributed by atoms with Gasteiger partial charge in [0.25, 0.3) is 0 Å². The number of amides is 1. The predicted molar refractivity (Wildman–Crippen MR) is 102 cm³/mol. The second-order valence-electron chi connectivity index (χ2n) is 6.62. The molecule has 2 aromatic rings. The first-order valence-electron chi connectivity index (χ1n) is 8.77. The van der Waals surface area contributed by atoms with Crippen molar-refractivity contribution in [1.82, 2.24) is 5.32 Å². The van der Waals surface area contributed by atoms with E-state index in [2.05, 4.69) is 5.32 Å². The zero-order chi connectivity index (χ0) is 20.0. The maximum absolute atomic E-state index is 12.4. The molecule has 0 radical (unpaired) electrons. The summed E-state index contributed by atoms with van der Waals surface area (Å²) in [6, 6.07) is 9.37. The number of rotatable bonds is 7. The van der Waals surface area contributed by atoms with Crippen LogP contribution in [0, 0.1) is 13.8 Å². The normalized spacial score (nSPS) is 11.7. The Hall–Kier alpha value is -3.02. The number of phenolic OH excluding ortho intramolecular Hbond substituents is 2. The zero-order valence-corrected chi connectivity index (χ0v) is 15.8. The van der Waals surface area contributed by atoms with Crippen molar-refractivity contribution in [2.45, 2.75) is 39.7 Å². The maximum Gasteiger partial charge on any atom is 0.328 e. The van der Waals surface area contributed by atoms with Crippen LogP contribution in [0.25, 0.3) is 0 Å². The van der Waals surface area contributed by atoms with E-state index >= 15 is 0 Å². The number of hydrogen-bond donors (Lipinski definition) is 3. The fourth-order valence-corrected chi connectivity index (χ4v) is 2.87. The van der Waals surface area contributed by atoms with Gasteiger partial charge in [0.05, 0.1) is 6.61 Å². The van der Waals surface area contributed by atoms with E-state index in [4.69, 9.17) is 4.74 Å². The van der Waals surface area contributed by atoms with Crippen LogP contribution in [0.2, 0.25) is 0 Å². The summed E-state index contributed by atoms with van der Waals surface area (Å²) >= 11 is 0. The quantitative estimate of drug-likeness (QED) is 0.650. The highest BCUT2D eigenvalue weighted by atomic mass is 16.5. The SMILES string of the molecule is CC(=O)NC(Cc1ccc(O)cc1)C(=O)OCCc1cc(C)c(O)c(C)c1. The van der Waals surface area contributed by atoms with Crippen molar-refractivity contribution < 1.29 is 24.5 Å². The number of phenols is 2. The summed E-state index contributed by atoms with van der Waals surface area (Å²) in [6.07, 6.45) is 0.788. The molecule has 0 aromatic heterocycles. The Morgan fingerprint density at radius 1 is 1.04 bits per heavy atom. The highest BCUT2D eigenvalue weighted by Crippen LogP contribution is 2.23. The van der Waals surface area contributed by atoms with Crippen LogP contribution >= 0.6 is 0 Å². The van der Waals surface area contributed by atoms with Crippen molar-refractivity contribution in [3.63, 3.8) is 0 Å². The smallest absolute Gasteiger partial charge is 0.328 e. The third-order valence-corrected chi connectivity index (χ3v) is 4.22. The minimum Gasteiger partial charge on any atom is -0.508 e. The van der Waals surface area contributed by atoms with Gasteiger partial charge >= 0.3 is 5.97 Å². The van der Waals surface area contributed by atoms with Crippen molar-refractivity contribution in [1.29, 1.82) is 0 Å². The molecule has 3 N–H and O–H groups in total. The lowest BCUT2D eigenvalue weighted by Gasteiger charge is -2.17. The Balaban J connectivity index is 1.96. The minimum atomic E-state index is -0.796. The molecule has 1 amide bonds. The molecular formula is C21H25NO5. The number of ether oxygens (including phenoxy) is 1. The number of aromatic hydroxyl groups is 2. The average Bonchev–Trinajstić information content (AvgIpc) is 2.60. The molecule has 6 heteroatoms. The molecule has 0 spiro atoms. The summed E-state index contributed by atoms with van der Waals surface area (Å²) in [5.74, 6) is -0.418. The van der Waals surface area contributed by atoms with Crippen LogP contribution in [0.1, 0.15) is 29.2 Å². The van der Waals surface area contributed by atoms with E-state index < -0.39 is 12.0 Å². The largest absolute Gasteiger partial charge is 0.508 e. The van der Waals surface area contributed by atoms with Gasteiger partial charge in [-0.3, -0.25) is 4.79 Å². The van der Waals surface area contributed by atoms with E-state index in [1.54, 1.807) is 12.1 Å². The molecule has 1 atom stereocenters. The van der Waals surface area contributed by atoms with E-state index in [0.29, 0.717) is 6.42 Å². The average molecular weight is 371 g/mol. The van der Waals surface area contributed by atoms with Gasteiger partial charge in [0.2, 0.25) is 5.91 Å². The summed E-state index contributed by atoms with van der Waals surface area (Å²) in [5, 5.41) is 21.8. The highest BCUT2D eigenvalue weighted by Gasteiger charge is 2.21. The van der Waals surface area contributed by atoms with Gasteiger partial charge in [0.15, 0.2) is 0 Å². The molecule has 0 aliphatic rings. The number of benzene rings is 2. The summed E-state index contributed by atoms with van der Waals surface area (Å²) in [7, 11) is 0. The lowest BCUT2D eigenvalue weighted by atomic mass is 10.0. The first-order chi connectivity index (χ1) is 12.8. The van der Waals surface area contributed by atoms with Crippen molar-refractivity contribution in [3.05, 3.63) is 58.7 Å². The molecule has 0 fully saturated rings. The molecule has 0 saturated carbocycles. The highest BCUT2D eigenvalue weighted by molar-refractivity contribution is 5.83. The van der Waals surface area contributed by atoms with Crippen LogP contribution in [-0.2, 0) is 27.2 Å². The Labute approximate surface area is 158 Å². The molecule has 2 rings (SSSR count). The number of esters is 1. The van der Waals surface area contributed by atoms with Gasteiger partial charge in [-0.15, -0.1) is 0 Å². The standard InChI is InChI=1S/C21H25NO5/c1-13-10-17(11-14(2)20(13)25)8-9-27-21(26)19(22-15(3)23)12-16-4-6-18(24)7-5-16/h4-7,10-11,19,24-25H,8-9,12H2,1-3H3,(H,22,23). The lowest BCUT2D eigenvalue weighted by molar-refractivity contribution is -0.147. The molecule has 0 saturated heterocycles. The van der Waals surface area contributed by atoms with Gasteiger partial charge in [0.1, 0.15) is 17.5 Å². The summed E-state index contributed by atoms with van der Waals surface area (Å²) < 4.78 is 5.35. The van der Waals surface area contributed by atoms with E-state index in [0.717, 1.165) is 22.3 Å². The third kappa shape index (κ3) is 6.02. The number of hydrogen-bond acceptors (Lipinski definition) is 5. The lowest BCUT2D eigenvalue weighted by Crippen LogP contribution is -2.42. The van der Waals surface area contributed by atoms with E-state index in [1.807, 2.05) is 26.0 Å². The molecule has 2 aromatic carbocycles. The molecule has 27 heavy (non-hydrogen) atoms. The first-order valence-corrected chi connectivity index (χ1v) is 8.77. The van der Waals surface area contributed by atoms with Gasteiger partial charge in [-0.2, -0.15) is 0 Å². The van der Waals surface area contributed by atoms with Crippen LogP contribution in [0.4, 0.5) is 0 Å². The van der Waals surface area contributed by atoms with Gasteiger partial charge in [-0.1, -0.05) is 24.3 Å². The Morgan fingerprint density at radius 2 is 1.63 bits per heavy atom. The topological polar surface area (TPSA) is 95.9 Å². The predicted octanol–water partition coefficient (Wildman–Crippen LogP) is 2.55. The number of aryl methyl sites for hydroxylation is 2. The zero-order valence-electron chi connectivity index (χ0n) is 15.8. The van der Waals surface area contributed by atoms with Crippen LogP contribution in [0.5, 0.6) is 11.5 Å². The minimum absolute atomic E-state index is 0.136. The number of carbonyl (C=O) groups excluding carboxylic acids is 2. The van der Waals surface area contributed by atoms with Gasteiger partial charge in [-0.25, -0.2) is 4.79 Å². The Kier molecular flexibility index (Phi) is 6.82. The van der Waals surface area contributed by atoms with Gasteiger partial charge in [0, 0.05) is 19.8 Å².